The summed E-state index contributed by atoms with van der Waals surface area (Å²) in [5.74, 6) is 0. The van der Waals surface area contributed by atoms with Crippen molar-refractivity contribution in [2.24, 2.45) is 0 Å². The highest BCUT2D eigenvalue weighted by atomic mass is 16.2. The van der Waals surface area contributed by atoms with Gasteiger partial charge in [-0.25, -0.2) is 0 Å². The molecule has 26 heavy (non-hydrogen) atoms. The van der Waals surface area contributed by atoms with Crippen molar-refractivity contribution in [2.75, 3.05) is 0 Å². The van der Waals surface area contributed by atoms with Gasteiger partial charge < -0.3 is 0 Å². The Kier molecular flexibility index (Phi) is 2.99. The molecule has 0 amide bonds. The zero-order valence-corrected chi connectivity index (χ0v) is 13.5. The minimum absolute atomic E-state index is 0.212. The summed E-state index contributed by atoms with van der Waals surface area (Å²) in [6.45, 7) is 0. The van der Waals surface area contributed by atoms with E-state index in [1.165, 1.54) is 0 Å². The number of rotatable bonds is 2. The van der Waals surface area contributed by atoms with Gasteiger partial charge in [-0.1, -0.05) is 60.7 Å². The number of hydrogen-bond donors (Lipinski definition) is 0. The molecule has 3 heterocycles. The first-order chi connectivity index (χ1) is 12.7. The lowest BCUT2D eigenvalue weighted by molar-refractivity contribution is 0.855. The van der Waals surface area contributed by atoms with Crippen LogP contribution in [-0.2, 0) is 0 Å². The van der Waals surface area contributed by atoms with Crippen molar-refractivity contribution in [1.29, 1.82) is 0 Å². The highest BCUT2D eigenvalue weighted by Gasteiger charge is 2.17. The standard InChI is InChI=1S/C20H12N4O2/c25-19-17-11-15(13-7-3-1-4-8-13)21-23(17)20(26)18-12-16(22-24(18)19)14-9-5-2-6-10-14/h1-12H. The van der Waals surface area contributed by atoms with Crippen molar-refractivity contribution in [2.45, 2.75) is 0 Å². The van der Waals surface area contributed by atoms with Gasteiger partial charge in [-0.2, -0.15) is 19.2 Å². The SMILES string of the molecule is O=c1c2cc(-c3ccccc3)nn2c(=O)c2cc(-c3ccccc3)nn12. The highest BCUT2D eigenvalue weighted by molar-refractivity contribution is 5.69. The van der Waals surface area contributed by atoms with Gasteiger partial charge in [0.2, 0.25) is 0 Å². The van der Waals surface area contributed by atoms with Gasteiger partial charge >= 0.3 is 0 Å². The minimum atomic E-state index is -0.364. The van der Waals surface area contributed by atoms with E-state index in [-0.39, 0.29) is 22.2 Å². The molecule has 2 aromatic carbocycles. The van der Waals surface area contributed by atoms with E-state index in [0.29, 0.717) is 11.4 Å². The van der Waals surface area contributed by atoms with Crippen molar-refractivity contribution in [3.63, 3.8) is 0 Å². The largest absolute Gasteiger partial charge is 0.297 e. The average Bonchev–Trinajstić information content (AvgIpc) is 3.33. The van der Waals surface area contributed by atoms with E-state index in [4.69, 9.17) is 0 Å². The molecule has 3 aromatic heterocycles. The molecule has 0 atom stereocenters. The summed E-state index contributed by atoms with van der Waals surface area (Å²) in [7, 11) is 0. The molecule has 6 nitrogen and oxygen atoms in total. The van der Waals surface area contributed by atoms with Crippen LogP contribution in [0.1, 0.15) is 0 Å². The quantitative estimate of drug-likeness (QED) is 0.495. The molecular weight excluding hydrogens is 328 g/mol. The van der Waals surface area contributed by atoms with Gasteiger partial charge in [-0.15, -0.1) is 0 Å². The van der Waals surface area contributed by atoms with E-state index in [1.54, 1.807) is 12.1 Å². The lowest BCUT2D eigenvalue weighted by Gasteiger charge is -1.94. The minimum Gasteiger partial charge on any atom is -0.265 e. The van der Waals surface area contributed by atoms with E-state index in [0.717, 1.165) is 20.2 Å². The van der Waals surface area contributed by atoms with Crippen LogP contribution >= 0.6 is 0 Å². The van der Waals surface area contributed by atoms with E-state index in [2.05, 4.69) is 10.2 Å². The predicted molar refractivity (Wildman–Crippen MR) is 98.5 cm³/mol. The van der Waals surface area contributed by atoms with Crippen molar-refractivity contribution >= 4 is 11.0 Å². The second kappa shape index (κ2) is 5.35. The highest BCUT2D eigenvalue weighted by Crippen LogP contribution is 2.19. The lowest BCUT2D eigenvalue weighted by atomic mass is 10.1. The molecule has 0 unspecified atom stereocenters. The molecule has 0 saturated heterocycles. The summed E-state index contributed by atoms with van der Waals surface area (Å²) in [5, 5.41) is 8.68. The molecule has 5 aromatic rings. The third kappa shape index (κ3) is 2.05. The Balaban J connectivity index is 1.79. The van der Waals surface area contributed by atoms with Gasteiger partial charge in [-0.05, 0) is 12.1 Å². The van der Waals surface area contributed by atoms with Crippen LogP contribution in [0.3, 0.4) is 0 Å². The maximum atomic E-state index is 12.8. The van der Waals surface area contributed by atoms with Gasteiger partial charge in [0.1, 0.15) is 11.0 Å². The number of hydrogen-bond acceptors (Lipinski definition) is 4. The maximum absolute atomic E-state index is 12.8. The molecular formula is C20H12N4O2. The molecule has 5 rings (SSSR count). The summed E-state index contributed by atoms with van der Waals surface area (Å²) in [6.07, 6.45) is 0. The molecule has 0 fully saturated rings. The molecule has 0 saturated carbocycles. The van der Waals surface area contributed by atoms with Gasteiger partial charge in [0.15, 0.2) is 0 Å². The summed E-state index contributed by atoms with van der Waals surface area (Å²) in [4.78, 5) is 25.7. The topological polar surface area (TPSA) is 68.7 Å². The van der Waals surface area contributed by atoms with Crippen molar-refractivity contribution in [3.05, 3.63) is 93.5 Å². The van der Waals surface area contributed by atoms with Gasteiger partial charge in [0.25, 0.3) is 11.1 Å². The predicted octanol–water partition coefficient (Wildman–Crippen LogP) is 2.47. The van der Waals surface area contributed by atoms with Crippen molar-refractivity contribution in [1.82, 2.24) is 19.2 Å². The number of fused-ring (bicyclic) bond motifs is 2. The number of benzene rings is 2. The maximum Gasteiger partial charge on any atom is 0.297 e. The Morgan fingerprint density at radius 2 is 0.962 bits per heavy atom. The van der Waals surface area contributed by atoms with Crippen LogP contribution < -0.4 is 11.1 Å². The Morgan fingerprint density at radius 1 is 0.577 bits per heavy atom. The van der Waals surface area contributed by atoms with Crippen LogP contribution in [0.25, 0.3) is 33.5 Å². The average molecular weight is 340 g/mol. The Bertz CT molecular complexity index is 1190. The van der Waals surface area contributed by atoms with E-state index < -0.39 is 0 Å². The fraction of sp³-hybridized carbons (Fsp3) is 0. The monoisotopic (exact) mass is 340 g/mol. The Morgan fingerprint density at radius 3 is 1.35 bits per heavy atom. The summed E-state index contributed by atoms with van der Waals surface area (Å²) in [5.41, 5.74) is 2.55. The zero-order chi connectivity index (χ0) is 17.7. The fourth-order valence-corrected chi connectivity index (χ4v) is 3.09. The summed E-state index contributed by atoms with van der Waals surface area (Å²) < 4.78 is 2.33. The van der Waals surface area contributed by atoms with Crippen LogP contribution in [-0.4, -0.2) is 19.2 Å². The second-order valence-corrected chi connectivity index (χ2v) is 6.00. The van der Waals surface area contributed by atoms with Crippen LogP contribution in [0.4, 0.5) is 0 Å². The Labute approximate surface area is 146 Å². The molecule has 0 aliphatic carbocycles. The summed E-state index contributed by atoms with van der Waals surface area (Å²) in [6, 6.07) is 22.1. The van der Waals surface area contributed by atoms with Crippen LogP contribution in [0.15, 0.2) is 82.4 Å². The van der Waals surface area contributed by atoms with Crippen molar-refractivity contribution in [3.8, 4) is 22.5 Å². The first-order valence-electron chi connectivity index (χ1n) is 8.13. The normalized spacial score (nSPS) is 11.4. The van der Waals surface area contributed by atoms with Gasteiger partial charge in [-0.3, -0.25) is 9.59 Å². The van der Waals surface area contributed by atoms with Gasteiger partial charge in [0, 0.05) is 11.1 Å². The molecule has 124 valence electrons. The van der Waals surface area contributed by atoms with E-state index in [9.17, 15) is 9.59 Å². The molecule has 0 bridgehead atoms. The van der Waals surface area contributed by atoms with E-state index >= 15 is 0 Å². The molecule has 0 aliphatic heterocycles. The van der Waals surface area contributed by atoms with Gasteiger partial charge in [0.05, 0.1) is 11.4 Å². The molecule has 6 heteroatoms. The first kappa shape index (κ1) is 14.5. The fourth-order valence-electron chi connectivity index (χ4n) is 3.09. The molecule has 0 N–H and O–H groups in total. The molecule has 0 radical (unpaired) electrons. The zero-order valence-electron chi connectivity index (χ0n) is 13.5. The molecule has 0 spiro atoms. The van der Waals surface area contributed by atoms with Crippen LogP contribution in [0, 0.1) is 0 Å². The lowest BCUT2D eigenvalue weighted by Crippen LogP contribution is -2.26. The number of nitrogens with zero attached hydrogens (tertiary/aromatic N) is 4. The van der Waals surface area contributed by atoms with Crippen molar-refractivity contribution < 1.29 is 0 Å². The summed E-state index contributed by atoms with van der Waals surface area (Å²) >= 11 is 0. The second-order valence-electron chi connectivity index (χ2n) is 6.00. The molecule has 0 aliphatic rings. The Hall–Kier alpha value is -3.80. The van der Waals surface area contributed by atoms with Crippen LogP contribution in [0.5, 0.6) is 0 Å². The first-order valence-corrected chi connectivity index (χ1v) is 8.13. The van der Waals surface area contributed by atoms with Crippen LogP contribution in [0.2, 0.25) is 0 Å². The number of aromatic nitrogens is 4. The third-order valence-corrected chi connectivity index (χ3v) is 4.38. The third-order valence-electron chi connectivity index (χ3n) is 4.38. The smallest absolute Gasteiger partial charge is 0.265 e. The van der Waals surface area contributed by atoms with E-state index in [1.807, 2.05) is 60.7 Å².